The fourth-order valence-corrected chi connectivity index (χ4v) is 2.53. The van der Waals surface area contributed by atoms with E-state index in [1.165, 1.54) is 32.3 Å². The molecule has 3 heterocycles. The molecule has 1 aliphatic rings. The highest BCUT2D eigenvalue weighted by Gasteiger charge is 2.11. The van der Waals surface area contributed by atoms with E-state index in [1.54, 1.807) is 6.33 Å². The molecule has 0 bridgehead atoms. The number of aromatic nitrogens is 4. The van der Waals surface area contributed by atoms with E-state index in [1.807, 2.05) is 0 Å². The van der Waals surface area contributed by atoms with Gasteiger partial charge >= 0.3 is 0 Å². The number of nitrogen functional groups attached to an aromatic ring is 1. The maximum atomic E-state index is 5.76. The monoisotopic (exact) mass is 246 g/mol. The minimum Gasteiger partial charge on any atom is -0.382 e. The molecule has 0 radical (unpaired) electrons. The largest absolute Gasteiger partial charge is 0.382 e. The Kier molecular flexibility index (Phi) is 3.10. The predicted molar refractivity (Wildman–Crippen MR) is 70.0 cm³/mol. The summed E-state index contributed by atoms with van der Waals surface area (Å²) in [7, 11) is 0. The maximum Gasteiger partial charge on any atom is 0.165 e. The highest BCUT2D eigenvalue weighted by atomic mass is 15.2. The fraction of sp³-hybridized carbons (Fsp3) is 0.583. The van der Waals surface area contributed by atoms with E-state index in [0.29, 0.717) is 11.3 Å². The van der Waals surface area contributed by atoms with Gasteiger partial charge in [-0.25, -0.2) is 15.0 Å². The highest BCUT2D eigenvalue weighted by molar-refractivity contribution is 5.80. The van der Waals surface area contributed by atoms with E-state index in [0.717, 1.165) is 25.2 Å². The first-order valence-corrected chi connectivity index (χ1v) is 6.48. The van der Waals surface area contributed by atoms with Crippen molar-refractivity contribution in [1.29, 1.82) is 0 Å². The standard InChI is InChI=1S/C12H18N6/c13-11-10-12(15-8-14-11)18(9-16-10)7-3-6-17-4-1-2-5-17/h8-9H,1-7H2,(H2,13,14,15). The van der Waals surface area contributed by atoms with Crippen LogP contribution in [0.25, 0.3) is 11.2 Å². The van der Waals surface area contributed by atoms with Gasteiger partial charge in [0.1, 0.15) is 11.8 Å². The van der Waals surface area contributed by atoms with Crippen LogP contribution in [0.1, 0.15) is 19.3 Å². The average molecular weight is 246 g/mol. The van der Waals surface area contributed by atoms with Gasteiger partial charge < -0.3 is 15.2 Å². The second-order valence-corrected chi connectivity index (χ2v) is 4.77. The third-order valence-electron chi connectivity index (χ3n) is 3.50. The average Bonchev–Trinajstić information content (AvgIpc) is 3.00. The molecule has 0 spiro atoms. The predicted octanol–water partition coefficient (Wildman–Crippen LogP) is 0.894. The van der Waals surface area contributed by atoms with Gasteiger partial charge in [-0.1, -0.05) is 0 Å². The number of rotatable bonds is 4. The lowest BCUT2D eigenvalue weighted by molar-refractivity contribution is 0.326. The van der Waals surface area contributed by atoms with Gasteiger partial charge in [0.15, 0.2) is 11.5 Å². The SMILES string of the molecule is Nc1ncnc2c1ncn2CCCN1CCCC1. The molecule has 0 unspecified atom stereocenters. The van der Waals surface area contributed by atoms with E-state index in [-0.39, 0.29) is 0 Å². The maximum absolute atomic E-state index is 5.76. The van der Waals surface area contributed by atoms with Gasteiger partial charge in [0.2, 0.25) is 0 Å². The second kappa shape index (κ2) is 4.89. The number of likely N-dealkylation sites (tertiary alicyclic amines) is 1. The first-order valence-electron chi connectivity index (χ1n) is 6.48. The molecule has 3 rings (SSSR count). The van der Waals surface area contributed by atoms with Gasteiger partial charge in [0.05, 0.1) is 6.33 Å². The molecule has 6 heteroatoms. The molecular formula is C12H18N6. The Morgan fingerprint density at radius 1 is 1.11 bits per heavy atom. The summed E-state index contributed by atoms with van der Waals surface area (Å²) in [5.74, 6) is 0.457. The number of hydrogen-bond acceptors (Lipinski definition) is 5. The highest BCUT2D eigenvalue weighted by Crippen LogP contribution is 2.15. The molecule has 2 aromatic rings. The minimum absolute atomic E-state index is 0.457. The molecular weight excluding hydrogens is 228 g/mol. The van der Waals surface area contributed by atoms with Crippen molar-refractivity contribution in [3.8, 4) is 0 Å². The number of fused-ring (bicyclic) bond motifs is 1. The topological polar surface area (TPSA) is 72.9 Å². The summed E-state index contributed by atoms with van der Waals surface area (Å²) < 4.78 is 2.06. The van der Waals surface area contributed by atoms with Crippen LogP contribution in [0.3, 0.4) is 0 Å². The van der Waals surface area contributed by atoms with E-state index < -0.39 is 0 Å². The molecule has 2 aromatic heterocycles. The molecule has 0 atom stereocenters. The number of nitrogens with two attached hydrogens (primary N) is 1. The van der Waals surface area contributed by atoms with Crippen LogP contribution >= 0.6 is 0 Å². The molecule has 2 N–H and O–H groups in total. The molecule has 96 valence electrons. The van der Waals surface area contributed by atoms with E-state index in [4.69, 9.17) is 5.73 Å². The van der Waals surface area contributed by atoms with Crippen molar-refractivity contribution in [2.24, 2.45) is 0 Å². The van der Waals surface area contributed by atoms with Crippen LogP contribution in [0, 0.1) is 0 Å². The van der Waals surface area contributed by atoms with Gasteiger partial charge in [-0.15, -0.1) is 0 Å². The van der Waals surface area contributed by atoms with Gasteiger partial charge in [-0.05, 0) is 38.9 Å². The molecule has 0 aliphatic carbocycles. The molecule has 0 amide bonds. The Labute approximate surface area is 106 Å². The van der Waals surface area contributed by atoms with E-state index >= 15 is 0 Å². The Balaban J connectivity index is 1.65. The quantitative estimate of drug-likeness (QED) is 0.867. The number of anilines is 1. The number of nitrogens with zero attached hydrogens (tertiary/aromatic N) is 5. The van der Waals surface area contributed by atoms with Crippen LogP contribution in [0.2, 0.25) is 0 Å². The lowest BCUT2D eigenvalue weighted by Crippen LogP contribution is -2.21. The third kappa shape index (κ3) is 2.15. The summed E-state index contributed by atoms with van der Waals surface area (Å²) in [6, 6.07) is 0. The minimum atomic E-state index is 0.457. The number of hydrogen-bond donors (Lipinski definition) is 1. The summed E-state index contributed by atoms with van der Waals surface area (Å²) in [4.78, 5) is 15.0. The molecule has 6 nitrogen and oxygen atoms in total. The van der Waals surface area contributed by atoms with E-state index in [9.17, 15) is 0 Å². The van der Waals surface area contributed by atoms with E-state index in [2.05, 4.69) is 24.4 Å². The molecule has 0 saturated carbocycles. The van der Waals surface area contributed by atoms with Crippen LogP contribution in [0.5, 0.6) is 0 Å². The van der Waals surface area contributed by atoms with Crippen molar-refractivity contribution in [1.82, 2.24) is 24.4 Å². The van der Waals surface area contributed by atoms with Crippen LogP contribution in [-0.2, 0) is 6.54 Å². The van der Waals surface area contributed by atoms with Gasteiger partial charge in [-0.2, -0.15) is 0 Å². The van der Waals surface area contributed by atoms with Crippen molar-refractivity contribution < 1.29 is 0 Å². The molecule has 1 aliphatic heterocycles. The molecule has 18 heavy (non-hydrogen) atoms. The van der Waals surface area contributed by atoms with Crippen molar-refractivity contribution >= 4 is 17.0 Å². The van der Waals surface area contributed by atoms with Gasteiger partial charge in [0, 0.05) is 6.54 Å². The summed E-state index contributed by atoms with van der Waals surface area (Å²) in [6.07, 6.45) is 7.11. The zero-order valence-electron chi connectivity index (χ0n) is 10.4. The summed E-state index contributed by atoms with van der Waals surface area (Å²) in [5.41, 5.74) is 7.31. The third-order valence-corrected chi connectivity index (χ3v) is 3.50. The Morgan fingerprint density at radius 2 is 1.94 bits per heavy atom. The van der Waals surface area contributed by atoms with Gasteiger partial charge in [-0.3, -0.25) is 0 Å². The van der Waals surface area contributed by atoms with Crippen LogP contribution in [0.4, 0.5) is 5.82 Å². The van der Waals surface area contributed by atoms with Crippen LogP contribution in [0.15, 0.2) is 12.7 Å². The summed E-state index contributed by atoms with van der Waals surface area (Å²) in [6.45, 7) is 4.59. The Bertz CT molecular complexity index is 528. The second-order valence-electron chi connectivity index (χ2n) is 4.77. The van der Waals surface area contributed by atoms with Crippen molar-refractivity contribution in [3.63, 3.8) is 0 Å². The summed E-state index contributed by atoms with van der Waals surface area (Å²) in [5, 5.41) is 0. The van der Waals surface area contributed by atoms with Gasteiger partial charge in [0.25, 0.3) is 0 Å². The lowest BCUT2D eigenvalue weighted by Gasteiger charge is -2.14. The van der Waals surface area contributed by atoms with Crippen LogP contribution < -0.4 is 5.73 Å². The molecule has 0 aromatic carbocycles. The number of aryl methyl sites for hydroxylation is 1. The van der Waals surface area contributed by atoms with Crippen LogP contribution in [-0.4, -0.2) is 44.1 Å². The zero-order chi connectivity index (χ0) is 12.4. The van der Waals surface area contributed by atoms with Crippen molar-refractivity contribution in [3.05, 3.63) is 12.7 Å². The zero-order valence-corrected chi connectivity index (χ0v) is 10.4. The Hall–Kier alpha value is -1.69. The lowest BCUT2D eigenvalue weighted by atomic mass is 10.4. The van der Waals surface area contributed by atoms with Crippen molar-refractivity contribution in [2.75, 3.05) is 25.4 Å². The first kappa shape index (κ1) is 11.4. The molecule has 1 fully saturated rings. The smallest absolute Gasteiger partial charge is 0.165 e. The van der Waals surface area contributed by atoms with Crippen molar-refractivity contribution in [2.45, 2.75) is 25.8 Å². The first-order chi connectivity index (χ1) is 8.84. The normalized spacial score (nSPS) is 16.7. The number of imidazole rings is 1. The fourth-order valence-electron chi connectivity index (χ4n) is 2.53. The Morgan fingerprint density at radius 3 is 2.78 bits per heavy atom. The molecule has 1 saturated heterocycles. The summed E-state index contributed by atoms with van der Waals surface area (Å²) >= 11 is 0.